The molecule has 1 aromatic rings. The highest BCUT2D eigenvalue weighted by Gasteiger charge is 2.02. The number of amides is 1. The lowest BCUT2D eigenvalue weighted by Gasteiger charge is -2.05. The summed E-state index contributed by atoms with van der Waals surface area (Å²) in [6.07, 6.45) is -0.526. The Bertz CT molecular complexity index is 351. The summed E-state index contributed by atoms with van der Waals surface area (Å²) in [5.41, 5.74) is 0.294. The third kappa shape index (κ3) is 4.05. The SMILES string of the molecule is CNCCNC(=O)Oc1ccc(N=O)cc1. The van der Waals surface area contributed by atoms with Crippen molar-refractivity contribution < 1.29 is 9.53 Å². The molecule has 86 valence electrons. The molecule has 0 spiro atoms. The number of hydrogen-bond acceptors (Lipinski definition) is 5. The Kier molecular flexibility index (Phi) is 4.94. The largest absolute Gasteiger partial charge is 0.412 e. The predicted molar refractivity (Wildman–Crippen MR) is 59.9 cm³/mol. The second kappa shape index (κ2) is 6.52. The van der Waals surface area contributed by atoms with Gasteiger partial charge in [0, 0.05) is 13.1 Å². The summed E-state index contributed by atoms with van der Waals surface area (Å²) < 4.78 is 4.94. The highest BCUT2D eigenvalue weighted by Crippen LogP contribution is 2.17. The average molecular weight is 223 g/mol. The van der Waals surface area contributed by atoms with Crippen LogP contribution in [0.5, 0.6) is 5.75 Å². The van der Waals surface area contributed by atoms with E-state index in [0.29, 0.717) is 24.5 Å². The summed E-state index contributed by atoms with van der Waals surface area (Å²) >= 11 is 0. The molecule has 0 aromatic heterocycles. The normalized spacial score (nSPS) is 9.56. The maximum atomic E-state index is 11.2. The van der Waals surface area contributed by atoms with Gasteiger partial charge in [0.25, 0.3) is 0 Å². The number of likely N-dealkylation sites (N-methyl/N-ethyl adjacent to an activating group) is 1. The van der Waals surface area contributed by atoms with Gasteiger partial charge in [-0.15, -0.1) is 4.91 Å². The lowest BCUT2D eigenvalue weighted by atomic mass is 10.3. The van der Waals surface area contributed by atoms with Gasteiger partial charge in [0.15, 0.2) is 0 Å². The van der Waals surface area contributed by atoms with E-state index in [0.717, 1.165) is 0 Å². The molecule has 6 heteroatoms. The van der Waals surface area contributed by atoms with Crippen LogP contribution < -0.4 is 15.4 Å². The standard InChI is InChI=1S/C10H13N3O3/c1-11-6-7-12-10(14)16-9-4-2-8(13-15)3-5-9/h2-5,11H,6-7H2,1H3,(H,12,14). The molecule has 1 amide bonds. The predicted octanol–water partition coefficient (Wildman–Crippen LogP) is 1.39. The number of rotatable bonds is 5. The van der Waals surface area contributed by atoms with E-state index in [9.17, 15) is 9.70 Å². The fraction of sp³-hybridized carbons (Fsp3) is 0.300. The number of nitrogens with zero attached hydrogens (tertiary/aromatic N) is 1. The van der Waals surface area contributed by atoms with Crippen molar-refractivity contribution in [2.75, 3.05) is 20.1 Å². The Hall–Kier alpha value is -1.95. The molecule has 0 saturated heterocycles. The minimum absolute atomic E-state index is 0.294. The first-order valence-electron chi connectivity index (χ1n) is 4.80. The minimum atomic E-state index is -0.526. The number of nitrogens with one attached hydrogen (secondary N) is 2. The van der Waals surface area contributed by atoms with Gasteiger partial charge < -0.3 is 15.4 Å². The van der Waals surface area contributed by atoms with Crippen LogP contribution in [0, 0.1) is 4.91 Å². The first kappa shape index (κ1) is 12.1. The van der Waals surface area contributed by atoms with Crippen molar-refractivity contribution in [3.05, 3.63) is 29.2 Å². The van der Waals surface area contributed by atoms with E-state index >= 15 is 0 Å². The Labute approximate surface area is 93.0 Å². The van der Waals surface area contributed by atoms with Crippen LogP contribution in [0.3, 0.4) is 0 Å². The molecule has 1 aromatic carbocycles. The van der Waals surface area contributed by atoms with Gasteiger partial charge in [-0.3, -0.25) is 0 Å². The molecule has 0 heterocycles. The minimum Gasteiger partial charge on any atom is -0.410 e. The number of carbonyl (C=O) groups is 1. The van der Waals surface area contributed by atoms with Gasteiger partial charge in [-0.2, -0.15) is 0 Å². The topological polar surface area (TPSA) is 79.8 Å². The van der Waals surface area contributed by atoms with Crippen LogP contribution in [0.4, 0.5) is 10.5 Å². The van der Waals surface area contributed by atoms with Gasteiger partial charge >= 0.3 is 6.09 Å². The molecule has 1 rings (SSSR count). The molecule has 0 bridgehead atoms. The molecule has 0 aliphatic heterocycles. The van der Waals surface area contributed by atoms with Crippen molar-refractivity contribution in [1.29, 1.82) is 0 Å². The molecule has 2 N–H and O–H groups in total. The van der Waals surface area contributed by atoms with Crippen molar-refractivity contribution in [1.82, 2.24) is 10.6 Å². The maximum Gasteiger partial charge on any atom is 0.412 e. The van der Waals surface area contributed by atoms with E-state index in [1.807, 2.05) is 0 Å². The second-order valence-corrected chi connectivity index (χ2v) is 3.01. The van der Waals surface area contributed by atoms with Crippen molar-refractivity contribution >= 4 is 11.8 Å². The number of ether oxygens (including phenoxy) is 1. The Morgan fingerprint density at radius 2 is 2.00 bits per heavy atom. The van der Waals surface area contributed by atoms with Crippen LogP contribution in [0.2, 0.25) is 0 Å². The van der Waals surface area contributed by atoms with Crippen LogP contribution >= 0.6 is 0 Å². The van der Waals surface area contributed by atoms with Gasteiger partial charge in [-0.05, 0) is 36.5 Å². The lowest BCUT2D eigenvalue weighted by Crippen LogP contribution is -2.32. The zero-order chi connectivity index (χ0) is 11.8. The van der Waals surface area contributed by atoms with Gasteiger partial charge in [0.05, 0.1) is 0 Å². The number of nitroso groups, excluding NO2 is 1. The second-order valence-electron chi connectivity index (χ2n) is 3.01. The molecule has 6 nitrogen and oxygen atoms in total. The third-order valence-corrected chi connectivity index (χ3v) is 1.80. The Morgan fingerprint density at radius 3 is 2.56 bits per heavy atom. The molecule has 0 aliphatic rings. The van der Waals surface area contributed by atoms with Crippen LogP contribution in [-0.2, 0) is 0 Å². The van der Waals surface area contributed by atoms with Gasteiger partial charge in [0.1, 0.15) is 11.4 Å². The summed E-state index contributed by atoms with van der Waals surface area (Å²) in [4.78, 5) is 21.3. The van der Waals surface area contributed by atoms with Crippen LogP contribution in [0.25, 0.3) is 0 Å². The molecule has 0 radical (unpaired) electrons. The van der Waals surface area contributed by atoms with E-state index in [-0.39, 0.29) is 0 Å². The highest BCUT2D eigenvalue weighted by atomic mass is 16.6. The van der Waals surface area contributed by atoms with Crippen molar-refractivity contribution in [2.45, 2.75) is 0 Å². The molecule has 16 heavy (non-hydrogen) atoms. The quantitative estimate of drug-likeness (QED) is 0.584. The monoisotopic (exact) mass is 223 g/mol. The van der Waals surface area contributed by atoms with E-state index in [2.05, 4.69) is 15.8 Å². The molecule has 0 fully saturated rings. The van der Waals surface area contributed by atoms with Gasteiger partial charge in [-0.1, -0.05) is 0 Å². The summed E-state index contributed by atoms with van der Waals surface area (Å²) in [5, 5.41) is 8.17. The first-order valence-corrected chi connectivity index (χ1v) is 4.80. The van der Waals surface area contributed by atoms with Crippen molar-refractivity contribution in [2.24, 2.45) is 5.18 Å². The smallest absolute Gasteiger partial charge is 0.410 e. The number of carbonyl (C=O) groups excluding carboxylic acids is 1. The molecule has 0 atom stereocenters. The van der Waals surface area contributed by atoms with E-state index in [4.69, 9.17) is 4.74 Å². The third-order valence-electron chi connectivity index (χ3n) is 1.80. The molecule has 0 unspecified atom stereocenters. The number of benzene rings is 1. The Morgan fingerprint density at radius 1 is 1.31 bits per heavy atom. The van der Waals surface area contributed by atoms with Crippen LogP contribution in [-0.4, -0.2) is 26.2 Å². The van der Waals surface area contributed by atoms with Gasteiger partial charge in [-0.25, -0.2) is 4.79 Å². The van der Waals surface area contributed by atoms with Crippen molar-refractivity contribution in [3.63, 3.8) is 0 Å². The molecular weight excluding hydrogens is 210 g/mol. The highest BCUT2D eigenvalue weighted by molar-refractivity contribution is 5.70. The average Bonchev–Trinajstić information content (AvgIpc) is 2.30. The Balaban J connectivity index is 2.40. The van der Waals surface area contributed by atoms with Crippen molar-refractivity contribution in [3.8, 4) is 5.75 Å². The first-order chi connectivity index (χ1) is 7.76. The van der Waals surface area contributed by atoms with E-state index in [1.54, 1.807) is 7.05 Å². The summed E-state index contributed by atoms with van der Waals surface area (Å²) in [6.45, 7) is 1.16. The fourth-order valence-corrected chi connectivity index (χ4v) is 1.01. The summed E-state index contributed by atoms with van der Waals surface area (Å²) in [7, 11) is 1.79. The molecule has 0 saturated carbocycles. The van der Waals surface area contributed by atoms with Crippen LogP contribution in [0.1, 0.15) is 0 Å². The summed E-state index contributed by atoms with van der Waals surface area (Å²) in [5.74, 6) is 0.370. The zero-order valence-electron chi connectivity index (χ0n) is 8.90. The molecular formula is C10H13N3O3. The van der Waals surface area contributed by atoms with Gasteiger partial charge in [0.2, 0.25) is 0 Å². The summed E-state index contributed by atoms with van der Waals surface area (Å²) in [6, 6.07) is 5.97. The molecule has 0 aliphatic carbocycles. The lowest BCUT2D eigenvalue weighted by molar-refractivity contribution is 0.200. The number of hydrogen-bond donors (Lipinski definition) is 2. The van der Waals surface area contributed by atoms with Crippen LogP contribution in [0.15, 0.2) is 29.4 Å². The maximum absolute atomic E-state index is 11.2. The van der Waals surface area contributed by atoms with E-state index < -0.39 is 6.09 Å². The van der Waals surface area contributed by atoms with E-state index in [1.165, 1.54) is 24.3 Å². The fourth-order valence-electron chi connectivity index (χ4n) is 1.01. The zero-order valence-corrected chi connectivity index (χ0v) is 8.90.